The number of thioether (sulfide) groups is 1. The van der Waals surface area contributed by atoms with Gasteiger partial charge >= 0.3 is 11.6 Å². The molecule has 0 unspecified atom stereocenters. The molecule has 5 nitrogen and oxygen atoms in total. The molecule has 0 saturated carbocycles. The summed E-state index contributed by atoms with van der Waals surface area (Å²) in [6.07, 6.45) is 0. The van der Waals surface area contributed by atoms with Crippen LogP contribution in [-0.4, -0.2) is 11.1 Å². The number of hydrogen-bond donors (Lipinski definition) is 1. The molecular weight excluding hydrogens is 412 g/mol. The fourth-order valence-electron chi connectivity index (χ4n) is 2.90. The van der Waals surface area contributed by atoms with Crippen LogP contribution in [0.2, 0.25) is 0 Å². The van der Waals surface area contributed by atoms with E-state index in [1.165, 1.54) is 17.8 Å². The molecule has 0 radical (unpaired) electrons. The zero-order valence-electron chi connectivity index (χ0n) is 16.4. The molecule has 31 heavy (non-hydrogen) atoms. The highest BCUT2D eigenvalue weighted by molar-refractivity contribution is 7.98. The van der Waals surface area contributed by atoms with E-state index in [0.29, 0.717) is 22.6 Å². The summed E-state index contributed by atoms with van der Waals surface area (Å²) < 4.78 is 10.8. The van der Waals surface area contributed by atoms with Crippen LogP contribution in [0.5, 0.6) is 11.5 Å². The predicted molar refractivity (Wildman–Crippen MR) is 119 cm³/mol. The molecule has 0 aliphatic heterocycles. The fraction of sp³-hybridized carbons (Fsp3) is 0.0400. The maximum atomic E-state index is 12.4. The summed E-state index contributed by atoms with van der Waals surface area (Å²) in [4.78, 5) is 24.7. The number of carbonyl (C=O) groups is 1. The second kappa shape index (κ2) is 9.36. The topological polar surface area (TPSA) is 76.7 Å². The average Bonchev–Trinajstić information content (AvgIpc) is 2.80. The Morgan fingerprint density at radius 1 is 0.903 bits per heavy atom. The third kappa shape index (κ3) is 5.05. The minimum atomic E-state index is -0.601. The Hall–Kier alpha value is -3.77. The van der Waals surface area contributed by atoms with Crippen LogP contribution in [0.25, 0.3) is 11.3 Å². The molecule has 0 fully saturated rings. The molecule has 1 N–H and O–H groups in total. The van der Waals surface area contributed by atoms with E-state index >= 15 is 0 Å². The van der Waals surface area contributed by atoms with Crippen molar-refractivity contribution in [3.05, 3.63) is 113 Å². The summed E-state index contributed by atoms with van der Waals surface area (Å²) in [5.41, 5.74) is 1.46. The second-order valence-electron chi connectivity index (χ2n) is 6.67. The second-order valence-corrected chi connectivity index (χ2v) is 7.65. The summed E-state index contributed by atoms with van der Waals surface area (Å²) in [5.74, 6) is 0.538. The van der Waals surface area contributed by atoms with Gasteiger partial charge < -0.3 is 14.3 Å². The van der Waals surface area contributed by atoms with E-state index in [1.807, 2.05) is 36.4 Å². The van der Waals surface area contributed by atoms with Crippen LogP contribution < -0.4 is 10.4 Å². The van der Waals surface area contributed by atoms with Crippen LogP contribution in [-0.2, 0) is 5.75 Å². The third-order valence-corrected chi connectivity index (χ3v) is 5.62. The Morgan fingerprint density at radius 3 is 2.19 bits per heavy atom. The van der Waals surface area contributed by atoms with Crippen molar-refractivity contribution >= 4 is 17.7 Å². The average molecular weight is 430 g/mol. The first-order chi connectivity index (χ1) is 15.1. The zero-order valence-corrected chi connectivity index (χ0v) is 17.2. The number of rotatable bonds is 6. The van der Waals surface area contributed by atoms with Crippen LogP contribution in [0.3, 0.4) is 0 Å². The molecule has 6 heteroatoms. The molecule has 0 amide bonds. The molecule has 154 valence electrons. The van der Waals surface area contributed by atoms with Gasteiger partial charge in [0.25, 0.3) is 0 Å². The van der Waals surface area contributed by atoms with Gasteiger partial charge in [-0.2, -0.15) is 0 Å². The van der Waals surface area contributed by atoms with Gasteiger partial charge in [0.05, 0.1) is 5.56 Å². The van der Waals surface area contributed by atoms with Gasteiger partial charge in [0.2, 0.25) is 0 Å². The lowest BCUT2D eigenvalue weighted by molar-refractivity contribution is 0.0735. The van der Waals surface area contributed by atoms with Gasteiger partial charge in [0, 0.05) is 17.4 Å². The molecule has 0 aliphatic rings. The van der Waals surface area contributed by atoms with Crippen molar-refractivity contribution in [3.63, 3.8) is 0 Å². The van der Waals surface area contributed by atoms with Crippen molar-refractivity contribution in [2.75, 3.05) is 0 Å². The Kier molecular flexibility index (Phi) is 6.19. The highest BCUT2D eigenvalue weighted by Crippen LogP contribution is 2.32. The largest absolute Gasteiger partial charge is 0.506 e. The van der Waals surface area contributed by atoms with Crippen molar-refractivity contribution < 1.29 is 19.1 Å². The molecular formula is C25H18O5S. The lowest BCUT2D eigenvalue weighted by Crippen LogP contribution is -2.08. The molecule has 0 saturated heterocycles. The van der Waals surface area contributed by atoms with Gasteiger partial charge in [-0.25, -0.2) is 9.59 Å². The summed E-state index contributed by atoms with van der Waals surface area (Å²) in [7, 11) is 0. The standard InChI is InChI=1S/C25H18O5S/c26-21-15-22(30-25(28)23(21)31-16-17-7-3-1-4-8-17)18-11-13-20(14-12-18)29-24(27)19-9-5-2-6-10-19/h1-15,26H,16H2. The molecule has 4 aromatic rings. The van der Waals surface area contributed by atoms with E-state index in [2.05, 4.69) is 0 Å². The van der Waals surface area contributed by atoms with E-state index in [0.717, 1.165) is 5.56 Å². The lowest BCUT2D eigenvalue weighted by atomic mass is 10.1. The minimum absolute atomic E-state index is 0.133. The first-order valence-corrected chi connectivity index (χ1v) is 10.5. The highest BCUT2D eigenvalue weighted by atomic mass is 32.2. The first kappa shape index (κ1) is 20.5. The number of carbonyl (C=O) groups excluding carboxylic acids is 1. The predicted octanol–water partition coefficient (Wildman–Crippen LogP) is 5.52. The van der Waals surface area contributed by atoms with Gasteiger partial charge in [-0.05, 0) is 42.0 Å². The lowest BCUT2D eigenvalue weighted by Gasteiger charge is -2.07. The molecule has 0 bridgehead atoms. The van der Waals surface area contributed by atoms with Gasteiger partial charge in [0.15, 0.2) is 0 Å². The highest BCUT2D eigenvalue weighted by Gasteiger charge is 2.14. The Morgan fingerprint density at radius 2 is 1.55 bits per heavy atom. The van der Waals surface area contributed by atoms with Crippen molar-refractivity contribution in [2.24, 2.45) is 0 Å². The Balaban J connectivity index is 1.48. The minimum Gasteiger partial charge on any atom is -0.506 e. The molecule has 0 spiro atoms. The van der Waals surface area contributed by atoms with E-state index < -0.39 is 11.6 Å². The van der Waals surface area contributed by atoms with Crippen LogP contribution in [0, 0.1) is 0 Å². The zero-order chi connectivity index (χ0) is 21.6. The first-order valence-electron chi connectivity index (χ1n) is 9.51. The number of ether oxygens (including phenoxy) is 1. The van der Waals surface area contributed by atoms with Crippen molar-refractivity contribution in [2.45, 2.75) is 10.6 Å². The third-order valence-electron chi connectivity index (χ3n) is 4.47. The molecule has 3 aromatic carbocycles. The van der Waals surface area contributed by atoms with E-state index in [4.69, 9.17) is 9.15 Å². The number of aromatic hydroxyl groups is 1. The van der Waals surface area contributed by atoms with Gasteiger partial charge in [0.1, 0.15) is 22.2 Å². The maximum absolute atomic E-state index is 12.4. The smallest absolute Gasteiger partial charge is 0.353 e. The van der Waals surface area contributed by atoms with E-state index in [1.54, 1.807) is 48.5 Å². The van der Waals surface area contributed by atoms with Crippen LogP contribution in [0.15, 0.2) is 105 Å². The van der Waals surface area contributed by atoms with Crippen molar-refractivity contribution in [1.82, 2.24) is 0 Å². The van der Waals surface area contributed by atoms with E-state index in [9.17, 15) is 14.7 Å². The Labute approximate surface area is 182 Å². The summed E-state index contributed by atoms with van der Waals surface area (Å²) in [5, 5.41) is 10.4. The molecule has 1 aromatic heterocycles. The quantitative estimate of drug-likeness (QED) is 0.246. The molecule has 0 atom stereocenters. The molecule has 0 aliphatic carbocycles. The number of hydrogen-bond acceptors (Lipinski definition) is 6. The number of benzene rings is 3. The normalized spacial score (nSPS) is 10.6. The van der Waals surface area contributed by atoms with Gasteiger partial charge in [-0.1, -0.05) is 48.5 Å². The van der Waals surface area contributed by atoms with E-state index in [-0.39, 0.29) is 16.4 Å². The summed E-state index contributed by atoms with van der Waals surface area (Å²) >= 11 is 1.22. The molecule has 1 heterocycles. The Bertz CT molecular complexity index is 1230. The SMILES string of the molecule is O=C(Oc1ccc(-c2cc(O)c(SCc3ccccc3)c(=O)o2)cc1)c1ccccc1. The number of esters is 1. The maximum Gasteiger partial charge on any atom is 0.353 e. The van der Waals surface area contributed by atoms with Crippen molar-refractivity contribution in [3.8, 4) is 22.8 Å². The summed E-state index contributed by atoms with van der Waals surface area (Å²) in [6, 6.07) is 26.3. The van der Waals surface area contributed by atoms with Crippen molar-refractivity contribution in [1.29, 1.82) is 0 Å². The van der Waals surface area contributed by atoms with Crippen LogP contribution >= 0.6 is 11.8 Å². The molecule has 4 rings (SSSR count). The van der Waals surface area contributed by atoms with Gasteiger partial charge in [-0.15, -0.1) is 11.8 Å². The van der Waals surface area contributed by atoms with Gasteiger partial charge in [-0.3, -0.25) is 0 Å². The monoisotopic (exact) mass is 430 g/mol. The van der Waals surface area contributed by atoms with Crippen LogP contribution in [0.4, 0.5) is 0 Å². The fourth-order valence-corrected chi connectivity index (χ4v) is 3.77. The van der Waals surface area contributed by atoms with Crippen LogP contribution in [0.1, 0.15) is 15.9 Å². The summed E-state index contributed by atoms with van der Waals surface area (Å²) in [6.45, 7) is 0.